The van der Waals surface area contributed by atoms with Crippen LogP contribution in [0.3, 0.4) is 0 Å². The molecule has 2 fully saturated rings. The van der Waals surface area contributed by atoms with Gasteiger partial charge in [-0.05, 0) is 47.2 Å². The number of hydrogen-bond donors (Lipinski definition) is 1. The Morgan fingerprint density at radius 2 is 1.90 bits per heavy atom. The quantitative estimate of drug-likeness (QED) is 0.790. The molecule has 166 valence electrons. The average Bonchev–Trinajstić information content (AvgIpc) is 3.33. The predicted octanol–water partition coefficient (Wildman–Crippen LogP) is 1.61. The minimum Gasteiger partial charge on any atom is -0.462 e. The second kappa shape index (κ2) is 8.55. The number of aromatic nitrogens is 2. The zero-order valence-corrected chi connectivity index (χ0v) is 18.6. The van der Waals surface area contributed by atoms with Gasteiger partial charge in [-0.3, -0.25) is 0 Å². The van der Waals surface area contributed by atoms with Crippen molar-refractivity contribution in [3.8, 4) is 6.01 Å². The van der Waals surface area contributed by atoms with Crippen molar-refractivity contribution >= 4 is 11.9 Å². The number of carbonyl (C=O) groups is 1. The fourth-order valence-electron chi connectivity index (χ4n) is 4.24. The number of fused-ring (bicyclic) bond motifs is 1. The number of likely N-dealkylation sites (N-methyl/N-ethyl adjacent to an activating group) is 1. The number of nitrogens with zero attached hydrogens (tertiary/aromatic N) is 5. The summed E-state index contributed by atoms with van der Waals surface area (Å²) in [6.45, 7) is 11.6. The third-order valence-electron chi connectivity index (χ3n) is 5.95. The van der Waals surface area contributed by atoms with Gasteiger partial charge in [0.1, 0.15) is 18.0 Å². The molecule has 1 aromatic rings. The van der Waals surface area contributed by atoms with Crippen molar-refractivity contribution in [2.24, 2.45) is 0 Å². The first-order valence-electron chi connectivity index (χ1n) is 11.0. The summed E-state index contributed by atoms with van der Waals surface area (Å²) >= 11 is 0. The lowest BCUT2D eigenvalue weighted by Crippen LogP contribution is -2.50. The fraction of sp³-hybridized carbons (Fsp3) is 0.762. The first-order chi connectivity index (χ1) is 14.3. The average molecular weight is 419 g/mol. The number of hydrogen-bond acceptors (Lipinski definition) is 8. The third-order valence-corrected chi connectivity index (χ3v) is 5.95. The number of amides is 1. The molecule has 1 aromatic heterocycles. The van der Waals surface area contributed by atoms with E-state index >= 15 is 0 Å². The highest BCUT2D eigenvalue weighted by atomic mass is 16.6. The van der Waals surface area contributed by atoms with Gasteiger partial charge in [0.2, 0.25) is 0 Å². The van der Waals surface area contributed by atoms with Crippen LogP contribution in [0.4, 0.5) is 10.6 Å². The molecule has 2 saturated heterocycles. The Bertz CT molecular complexity index is 773. The monoisotopic (exact) mass is 418 g/mol. The van der Waals surface area contributed by atoms with Gasteiger partial charge in [0.05, 0.1) is 5.69 Å². The Labute approximate surface area is 178 Å². The van der Waals surface area contributed by atoms with Crippen molar-refractivity contribution in [3.63, 3.8) is 0 Å². The molecule has 9 heteroatoms. The van der Waals surface area contributed by atoms with Gasteiger partial charge < -0.3 is 29.5 Å². The molecule has 0 saturated carbocycles. The summed E-state index contributed by atoms with van der Waals surface area (Å²) in [6, 6.07) is 0.892. The standard InChI is InChI=1S/C21H34N6O3/c1-21(2,3)30-20(28)27-10-8-26(9-11-27)18-16-12-22-13-17(16)23-19(24-18)29-14-15-6-5-7-25(15)4/h15,22H,5-14H2,1-4H3/t15-/m0/s1. The van der Waals surface area contributed by atoms with Crippen LogP contribution in [0.2, 0.25) is 0 Å². The van der Waals surface area contributed by atoms with Gasteiger partial charge in [-0.15, -0.1) is 0 Å². The van der Waals surface area contributed by atoms with E-state index in [0.717, 1.165) is 43.1 Å². The molecule has 4 rings (SSSR count). The second-order valence-corrected chi connectivity index (χ2v) is 9.40. The zero-order chi connectivity index (χ0) is 21.3. The molecule has 0 aliphatic carbocycles. The van der Waals surface area contributed by atoms with Gasteiger partial charge in [0, 0.05) is 50.9 Å². The highest BCUT2D eigenvalue weighted by Crippen LogP contribution is 2.28. The number of ether oxygens (including phenoxy) is 2. The molecule has 1 atom stereocenters. The topological polar surface area (TPSA) is 83.1 Å². The number of anilines is 1. The lowest BCUT2D eigenvalue weighted by Gasteiger charge is -2.36. The Morgan fingerprint density at radius 1 is 1.13 bits per heavy atom. The van der Waals surface area contributed by atoms with E-state index in [4.69, 9.17) is 14.5 Å². The first kappa shape index (κ1) is 21.1. The fourth-order valence-corrected chi connectivity index (χ4v) is 4.24. The second-order valence-electron chi connectivity index (χ2n) is 9.40. The minimum absolute atomic E-state index is 0.249. The van der Waals surface area contributed by atoms with Gasteiger partial charge in [-0.2, -0.15) is 9.97 Å². The van der Waals surface area contributed by atoms with Gasteiger partial charge in [-0.25, -0.2) is 4.79 Å². The number of nitrogens with one attached hydrogen (secondary N) is 1. The summed E-state index contributed by atoms with van der Waals surface area (Å²) in [5.74, 6) is 0.934. The van der Waals surface area contributed by atoms with E-state index in [0.29, 0.717) is 44.8 Å². The Kier molecular flexibility index (Phi) is 6.02. The smallest absolute Gasteiger partial charge is 0.410 e. The molecular weight excluding hydrogens is 384 g/mol. The molecular formula is C21H34N6O3. The molecule has 30 heavy (non-hydrogen) atoms. The van der Waals surface area contributed by atoms with Gasteiger partial charge in [0.25, 0.3) is 0 Å². The largest absolute Gasteiger partial charge is 0.462 e. The van der Waals surface area contributed by atoms with Crippen molar-refractivity contribution in [1.29, 1.82) is 0 Å². The number of likely N-dealkylation sites (tertiary alicyclic amines) is 1. The summed E-state index contributed by atoms with van der Waals surface area (Å²) in [6.07, 6.45) is 2.12. The van der Waals surface area contributed by atoms with Crippen LogP contribution in [0, 0.1) is 0 Å². The van der Waals surface area contributed by atoms with Crippen LogP contribution >= 0.6 is 0 Å². The molecule has 0 radical (unpaired) electrons. The van der Waals surface area contributed by atoms with Crippen molar-refractivity contribution in [3.05, 3.63) is 11.3 Å². The molecule has 0 spiro atoms. The number of carbonyl (C=O) groups excluding carboxylic acids is 1. The SMILES string of the molecule is CN1CCC[C@H]1COc1nc2c(c(N3CCN(C(=O)OC(C)(C)C)CC3)n1)CNC2. The number of rotatable bonds is 4. The van der Waals surface area contributed by atoms with Crippen LogP contribution in [0.5, 0.6) is 6.01 Å². The lowest BCUT2D eigenvalue weighted by atomic mass is 10.2. The highest BCUT2D eigenvalue weighted by Gasteiger charge is 2.30. The van der Waals surface area contributed by atoms with Crippen LogP contribution in [0.15, 0.2) is 0 Å². The van der Waals surface area contributed by atoms with E-state index in [1.54, 1.807) is 4.90 Å². The molecule has 0 unspecified atom stereocenters. The highest BCUT2D eigenvalue weighted by molar-refractivity contribution is 5.68. The molecule has 9 nitrogen and oxygen atoms in total. The normalized spacial score (nSPS) is 22.3. The molecule has 3 aliphatic rings. The Hall–Kier alpha value is -2.13. The zero-order valence-electron chi connectivity index (χ0n) is 18.6. The van der Waals surface area contributed by atoms with Crippen LogP contribution < -0.4 is 15.0 Å². The summed E-state index contributed by atoms with van der Waals surface area (Å²) in [5.41, 5.74) is 1.68. The van der Waals surface area contributed by atoms with Crippen LogP contribution in [-0.4, -0.2) is 83.9 Å². The van der Waals surface area contributed by atoms with E-state index in [9.17, 15) is 4.79 Å². The molecule has 1 amide bonds. The first-order valence-corrected chi connectivity index (χ1v) is 11.0. The van der Waals surface area contributed by atoms with Crippen LogP contribution in [0.25, 0.3) is 0 Å². The summed E-state index contributed by atoms with van der Waals surface area (Å²) < 4.78 is 11.5. The van der Waals surface area contributed by atoms with E-state index in [1.165, 1.54) is 6.42 Å². The maximum Gasteiger partial charge on any atom is 0.410 e. The molecule has 0 aromatic carbocycles. The van der Waals surface area contributed by atoms with Gasteiger partial charge >= 0.3 is 12.1 Å². The van der Waals surface area contributed by atoms with E-state index in [-0.39, 0.29) is 6.09 Å². The van der Waals surface area contributed by atoms with Gasteiger partial charge in [-0.1, -0.05) is 0 Å². The van der Waals surface area contributed by atoms with Crippen molar-refractivity contribution < 1.29 is 14.3 Å². The predicted molar refractivity (Wildman–Crippen MR) is 114 cm³/mol. The van der Waals surface area contributed by atoms with Crippen molar-refractivity contribution in [1.82, 2.24) is 25.1 Å². The van der Waals surface area contributed by atoms with E-state index in [1.807, 2.05) is 20.8 Å². The van der Waals surface area contributed by atoms with E-state index in [2.05, 4.69) is 27.1 Å². The summed E-state index contributed by atoms with van der Waals surface area (Å²) in [4.78, 5) is 28.1. The van der Waals surface area contributed by atoms with Gasteiger partial charge in [0.15, 0.2) is 0 Å². The van der Waals surface area contributed by atoms with E-state index < -0.39 is 5.60 Å². The summed E-state index contributed by atoms with van der Waals surface area (Å²) in [7, 11) is 2.14. The third kappa shape index (κ3) is 4.78. The molecule has 3 aliphatic heterocycles. The Morgan fingerprint density at radius 3 is 2.57 bits per heavy atom. The van der Waals surface area contributed by atoms with Crippen molar-refractivity contribution in [2.45, 2.75) is 58.3 Å². The minimum atomic E-state index is -0.479. The van der Waals surface area contributed by atoms with Crippen molar-refractivity contribution in [2.75, 3.05) is 51.3 Å². The molecule has 1 N–H and O–H groups in total. The van der Waals surface area contributed by atoms with Crippen LogP contribution in [-0.2, 0) is 17.8 Å². The Balaban J connectivity index is 1.42. The lowest BCUT2D eigenvalue weighted by molar-refractivity contribution is 0.0240. The molecule has 0 bridgehead atoms. The summed E-state index contributed by atoms with van der Waals surface area (Å²) in [5, 5.41) is 3.37. The maximum absolute atomic E-state index is 12.4. The van der Waals surface area contributed by atoms with Crippen LogP contribution in [0.1, 0.15) is 44.9 Å². The number of piperazine rings is 1. The molecule has 4 heterocycles. The maximum atomic E-state index is 12.4.